The lowest BCUT2D eigenvalue weighted by molar-refractivity contribution is 0.832. The molecule has 0 saturated carbocycles. The third-order valence-electron chi connectivity index (χ3n) is 2.83. The zero-order valence-electron chi connectivity index (χ0n) is 10.4. The van der Waals surface area contributed by atoms with Crippen molar-refractivity contribution >= 4 is 5.69 Å². The van der Waals surface area contributed by atoms with Crippen LogP contribution in [-0.2, 0) is 0 Å². The van der Waals surface area contributed by atoms with Crippen molar-refractivity contribution in [3.05, 3.63) is 54.7 Å². The minimum atomic E-state index is 0.236. The Morgan fingerprint density at radius 3 is 2.55 bits per heavy atom. The molecule has 0 radical (unpaired) electrons. The fourth-order valence-corrected chi connectivity index (χ4v) is 1.84. The molecule has 0 aliphatic rings. The van der Waals surface area contributed by atoms with Gasteiger partial charge in [-0.1, -0.05) is 12.1 Å². The second-order valence-electron chi connectivity index (χ2n) is 4.14. The maximum absolute atomic E-state index is 9.03. The van der Waals surface area contributed by atoms with Gasteiger partial charge in [-0.15, -0.1) is 0 Å². The number of anilines is 1. The summed E-state index contributed by atoms with van der Waals surface area (Å²) in [5.41, 5.74) is 8.52. The molecule has 2 heterocycles. The Bertz CT molecular complexity index is 782. The molecular formula is C14H10N6. The van der Waals surface area contributed by atoms with E-state index in [0.717, 1.165) is 11.1 Å². The smallest absolute Gasteiger partial charge is 0.190 e. The van der Waals surface area contributed by atoms with Crippen molar-refractivity contribution in [3.8, 4) is 23.0 Å². The number of rotatable bonds is 2. The average Bonchev–Trinajstić information content (AvgIpc) is 2.97. The first-order chi connectivity index (χ1) is 9.78. The van der Waals surface area contributed by atoms with Gasteiger partial charge in [-0.05, 0) is 17.7 Å². The summed E-state index contributed by atoms with van der Waals surface area (Å²) in [4.78, 5) is 8.10. The van der Waals surface area contributed by atoms with E-state index in [4.69, 9.17) is 11.0 Å². The molecule has 0 spiro atoms. The summed E-state index contributed by atoms with van der Waals surface area (Å²) in [6.45, 7) is 0. The molecule has 1 aromatic carbocycles. The van der Waals surface area contributed by atoms with Crippen LogP contribution in [0, 0.1) is 11.3 Å². The summed E-state index contributed by atoms with van der Waals surface area (Å²) in [6.07, 6.45) is 6.52. The molecule has 0 saturated heterocycles. The SMILES string of the molecule is N#Cc1nccnc1-n1cc(-c2ccc(N)cc2)cn1. The van der Waals surface area contributed by atoms with Crippen molar-refractivity contribution in [3.63, 3.8) is 0 Å². The van der Waals surface area contributed by atoms with Crippen molar-refractivity contribution in [2.75, 3.05) is 5.73 Å². The lowest BCUT2D eigenvalue weighted by Gasteiger charge is -2.00. The predicted molar refractivity (Wildman–Crippen MR) is 73.7 cm³/mol. The van der Waals surface area contributed by atoms with Gasteiger partial charge < -0.3 is 5.73 Å². The van der Waals surface area contributed by atoms with E-state index in [-0.39, 0.29) is 5.69 Å². The van der Waals surface area contributed by atoms with E-state index < -0.39 is 0 Å². The number of nitrogens with two attached hydrogens (primary N) is 1. The molecule has 2 N–H and O–H groups in total. The van der Waals surface area contributed by atoms with E-state index in [2.05, 4.69) is 15.1 Å². The van der Waals surface area contributed by atoms with Gasteiger partial charge in [0, 0.05) is 29.8 Å². The van der Waals surface area contributed by atoms with Crippen LogP contribution < -0.4 is 5.73 Å². The highest BCUT2D eigenvalue weighted by Gasteiger charge is 2.09. The topological polar surface area (TPSA) is 93.4 Å². The van der Waals surface area contributed by atoms with Crippen LogP contribution in [0.15, 0.2) is 49.1 Å². The van der Waals surface area contributed by atoms with Gasteiger partial charge in [0.15, 0.2) is 11.5 Å². The number of hydrogen-bond donors (Lipinski definition) is 1. The molecule has 6 nitrogen and oxygen atoms in total. The average molecular weight is 262 g/mol. The summed E-state index contributed by atoms with van der Waals surface area (Å²) in [7, 11) is 0. The predicted octanol–water partition coefficient (Wildman–Crippen LogP) is 1.78. The Hall–Kier alpha value is -3.20. The molecule has 3 rings (SSSR count). The molecule has 0 fully saturated rings. The molecule has 96 valence electrons. The number of nitriles is 1. The van der Waals surface area contributed by atoms with Crippen molar-refractivity contribution in [2.45, 2.75) is 0 Å². The Balaban J connectivity index is 2.02. The van der Waals surface area contributed by atoms with Gasteiger partial charge in [0.2, 0.25) is 0 Å². The molecule has 0 aliphatic carbocycles. The number of nitrogens with zero attached hydrogens (tertiary/aromatic N) is 5. The third kappa shape index (κ3) is 2.08. The van der Waals surface area contributed by atoms with Gasteiger partial charge in [0.1, 0.15) is 6.07 Å². The van der Waals surface area contributed by atoms with Gasteiger partial charge in [-0.25, -0.2) is 14.6 Å². The number of hydrogen-bond acceptors (Lipinski definition) is 5. The summed E-state index contributed by atoms with van der Waals surface area (Å²) in [5, 5.41) is 13.3. The highest BCUT2D eigenvalue weighted by molar-refractivity contribution is 5.64. The molecule has 0 bridgehead atoms. The Kier molecular flexibility index (Phi) is 2.86. The van der Waals surface area contributed by atoms with E-state index >= 15 is 0 Å². The zero-order chi connectivity index (χ0) is 13.9. The summed E-state index contributed by atoms with van der Waals surface area (Å²) < 4.78 is 1.54. The standard InChI is InChI=1S/C14H10N6/c15-7-13-14(18-6-5-17-13)20-9-11(8-19-20)10-1-3-12(16)4-2-10/h1-6,8-9H,16H2. The van der Waals surface area contributed by atoms with E-state index in [1.807, 2.05) is 30.3 Å². The van der Waals surface area contributed by atoms with Crippen LogP contribution in [0.5, 0.6) is 0 Å². The molecule has 20 heavy (non-hydrogen) atoms. The Morgan fingerprint density at radius 1 is 1.05 bits per heavy atom. The fraction of sp³-hybridized carbons (Fsp3) is 0. The van der Waals surface area contributed by atoms with Gasteiger partial charge in [0.05, 0.1) is 6.20 Å². The van der Waals surface area contributed by atoms with E-state index in [0.29, 0.717) is 11.5 Å². The maximum atomic E-state index is 9.03. The van der Waals surface area contributed by atoms with Crippen LogP contribution in [0.1, 0.15) is 5.69 Å². The molecule has 0 aliphatic heterocycles. The van der Waals surface area contributed by atoms with Crippen molar-refractivity contribution < 1.29 is 0 Å². The van der Waals surface area contributed by atoms with Gasteiger partial charge in [0.25, 0.3) is 0 Å². The summed E-state index contributed by atoms with van der Waals surface area (Å²) in [5.74, 6) is 0.414. The number of nitrogen functional groups attached to an aromatic ring is 1. The molecule has 6 heteroatoms. The highest BCUT2D eigenvalue weighted by Crippen LogP contribution is 2.21. The number of benzene rings is 1. The largest absolute Gasteiger partial charge is 0.399 e. The molecule has 0 amide bonds. The molecule has 2 aromatic heterocycles. The van der Waals surface area contributed by atoms with Gasteiger partial charge in [-0.2, -0.15) is 10.4 Å². The van der Waals surface area contributed by atoms with Crippen molar-refractivity contribution in [1.29, 1.82) is 5.26 Å². The lowest BCUT2D eigenvalue weighted by Crippen LogP contribution is -2.02. The molecule has 0 atom stereocenters. The van der Waals surface area contributed by atoms with Crippen LogP contribution in [0.25, 0.3) is 16.9 Å². The van der Waals surface area contributed by atoms with Crippen LogP contribution in [0.2, 0.25) is 0 Å². The second kappa shape index (κ2) is 4.82. The Labute approximate surface area is 115 Å². The van der Waals surface area contributed by atoms with Gasteiger partial charge >= 0.3 is 0 Å². The normalized spacial score (nSPS) is 10.2. The van der Waals surface area contributed by atoms with Gasteiger partial charge in [-0.3, -0.25) is 0 Å². The second-order valence-corrected chi connectivity index (χ2v) is 4.14. The van der Waals surface area contributed by atoms with Crippen LogP contribution >= 0.6 is 0 Å². The van der Waals surface area contributed by atoms with Crippen molar-refractivity contribution in [1.82, 2.24) is 19.7 Å². The van der Waals surface area contributed by atoms with E-state index in [1.54, 1.807) is 12.4 Å². The first-order valence-electron chi connectivity index (χ1n) is 5.90. The first kappa shape index (κ1) is 11.9. The quantitative estimate of drug-likeness (QED) is 0.710. The van der Waals surface area contributed by atoms with Crippen molar-refractivity contribution in [2.24, 2.45) is 0 Å². The third-order valence-corrected chi connectivity index (χ3v) is 2.83. The fourth-order valence-electron chi connectivity index (χ4n) is 1.84. The zero-order valence-corrected chi connectivity index (χ0v) is 10.4. The minimum Gasteiger partial charge on any atom is -0.399 e. The Morgan fingerprint density at radius 2 is 1.80 bits per heavy atom. The maximum Gasteiger partial charge on any atom is 0.190 e. The summed E-state index contributed by atoms with van der Waals surface area (Å²) >= 11 is 0. The minimum absolute atomic E-state index is 0.236. The number of aromatic nitrogens is 4. The van der Waals surface area contributed by atoms with Crippen LogP contribution in [0.4, 0.5) is 5.69 Å². The first-order valence-corrected chi connectivity index (χ1v) is 5.90. The molecule has 3 aromatic rings. The van der Waals surface area contributed by atoms with Crippen LogP contribution in [0.3, 0.4) is 0 Å². The monoisotopic (exact) mass is 262 g/mol. The lowest BCUT2D eigenvalue weighted by atomic mass is 10.1. The molecule has 0 unspecified atom stereocenters. The summed E-state index contributed by atoms with van der Waals surface area (Å²) in [6, 6.07) is 9.49. The highest BCUT2D eigenvalue weighted by atomic mass is 15.3. The van der Waals surface area contributed by atoms with Crippen LogP contribution in [-0.4, -0.2) is 19.7 Å². The van der Waals surface area contributed by atoms with E-state index in [1.165, 1.54) is 17.1 Å². The van der Waals surface area contributed by atoms with E-state index in [9.17, 15) is 0 Å². The molecular weight excluding hydrogens is 252 g/mol.